The number of benzene rings is 1. The molecule has 114 valence electrons. The minimum absolute atomic E-state index is 0.623. The van der Waals surface area contributed by atoms with E-state index in [0.29, 0.717) is 6.61 Å². The van der Waals surface area contributed by atoms with Crippen LogP contribution in [0, 0.1) is 6.92 Å². The van der Waals surface area contributed by atoms with E-state index in [1.807, 2.05) is 54.0 Å². The third-order valence-corrected chi connectivity index (χ3v) is 4.50. The first-order valence-corrected chi connectivity index (χ1v) is 9.06. The molecule has 0 saturated heterocycles. The van der Waals surface area contributed by atoms with Crippen molar-refractivity contribution in [3.63, 3.8) is 0 Å². The van der Waals surface area contributed by atoms with Gasteiger partial charge in [0.15, 0.2) is 16.0 Å². The van der Waals surface area contributed by atoms with Gasteiger partial charge in [0.2, 0.25) is 0 Å². The van der Waals surface area contributed by atoms with Gasteiger partial charge in [-0.15, -0.1) is 10.2 Å². The number of fused-ring (bicyclic) bond motifs is 1. The Hall–Kier alpha value is -1.73. The molecule has 0 aliphatic rings. The molecule has 2 heterocycles. The van der Waals surface area contributed by atoms with Crippen molar-refractivity contribution < 1.29 is 4.74 Å². The maximum absolute atomic E-state index is 5.69. The van der Waals surface area contributed by atoms with Crippen LogP contribution in [0.25, 0.3) is 5.65 Å². The zero-order valence-corrected chi connectivity index (χ0v) is 14.0. The van der Waals surface area contributed by atoms with Crippen molar-refractivity contribution in [3.8, 4) is 5.75 Å². The van der Waals surface area contributed by atoms with Gasteiger partial charge in [-0.3, -0.25) is 0 Å². The first kappa shape index (κ1) is 15.2. The summed E-state index contributed by atoms with van der Waals surface area (Å²) in [5.41, 5.74) is 1.79. The molecule has 7 heteroatoms. The zero-order valence-electron chi connectivity index (χ0n) is 12.4. The highest BCUT2D eigenvalue weighted by Crippen LogP contribution is 2.23. The maximum atomic E-state index is 5.69. The van der Waals surface area contributed by atoms with Crippen molar-refractivity contribution in [1.82, 2.24) is 19.6 Å². The van der Waals surface area contributed by atoms with Crippen molar-refractivity contribution in [2.75, 3.05) is 18.6 Å². The van der Waals surface area contributed by atoms with E-state index in [2.05, 4.69) is 15.2 Å². The standard InChI is InChI=1S/C15H16N4OS2/c1-11-10-13-17-18-15(19(13)14(16-11)21-2)22-9-8-20-12-6-4-3-5-7-12/h3-7,10H,8-9H2,1-2H3. The summed E-state index contributed by atoms with van der Waals surface area (Å²) in [6, 6.07) is 11.8. The third kappa shape index (κ3) is 3.36. The first-order chi connectivity index (χ1) is 10.8. The van der Waals surface area contributed by atoms with E-state index in [9.17, 15) is 0 Å². The van der Waals surface area contributed by atoms with Crippen molar-refractivity contribution >= 4 is 29.2 Å². The SMILES string of the molecule is CSc1nc(C)cc2nnc(SCCOc3ccccc3)n12. The number of aryl methyl sites for hydroxylation is 1. The lowest BCUT2D eigenvalue weighted by molar-refractivity contribution is 0.344. The average molecular weight is 332 g/mol. The Balaban J connectivity index is 1.67. The number of hydrogen-bond donors (Lipinski definition) is 0. The van der Waals surface area contributed by atoms with E-state index in [-0.39, 0.29) is 0 Å². The number of aromatic nitrogens is 4. The monoisotopic (exact) mass is 332 g/mol. The van der Waals surface area contributed by atoms with Crippen molar-refractivity contribution in [2.24, 2.45) is 0 Å². The Morgan fingerprint density at radius 1 is 1.14 bits per heavy atom. The molecule has 0 spiro atoms. The summed E-state index contributed by atoms with van der Waals surface area (Å²) in [6.07, 6.45) is 2.01. The minimum atomic E-state index is 0.623. The lowest BCUT2D eigenvalue weighted by Crippen LogP contribution is -2.02. The minimum Gasteiger partial charge on any atom is -0.493 e. The summed E-state index contributed by atoms with van der Waals surface area (Å²) in [5.74, 6) is 1.69. The summed E-state index contributed by atoms with van der Waals surface area (Å²) < 4.78 is 7.68. The normalized spacial score (nSPS) is 11.0. The number of rotatable bonds is 6. The Labute approximate surface area is 137 Å². The number of hydrogen-bond acceptors (Lipinski definition) is 6. The van der Waals surface area contributed by atoms with Gasteiger partial charge in [-0.2, -0.15) is 0 Å². The molecular weight excluding hydrogens is 316 g/mol. The summed E-state index contributed by atoms with van der Waals surface area (Å²) in [6.45, 7) is 2.59. The fourth-order valence-corrected chi connectivity index (χ4v) is 3.43. The molecule has 0 radical (unpaired) electrons. The van der Waals surface area contributed by atoms with Gasteiger partial charge in [0, 0.05) is 17.5 Å². The lowest BCUT2D eigenvalue weighted by atomic mass is 10.3. The van der Waals surface area contributed by atoms with Crippen molar-refractivity contribution in [2.45, 2.75) is 17.2 Å². The molecule has 0 aliphatic heterocycles. The predicted octanol–water partition coefficient (Wildman–Crippen LogP) is 3.33. The zero-order chi connectivity index (χ0) is 15.4. The van der Waals surface area contributed by atoms with E-state index in [0.717, 1.165) is 33.2 Å². The van der Waals surface area contributed by atoms with Crippen molar-refractivity contribution in [1.29, 1.82) is 0 Å². The van der Waals surface area contributed by atoms with Crippen molar-refractivity contribution in [3.05, 3.63) is 42.1 Å². The van der Waals surface area contributed by atoms with E-state index >= 15 is 0 Å². The van der Waals surface area contributed by atoms with Crippen LogP contribution in [0.15, 0.2) is 46.7 Å². The predicted molar refractivity (Wildman–Crippen MR) is 90.0 cm³/mol. The van der Waals surface area contributed by atoms with E-state index in [1.165, 1.54) is 0 Å². The highest BCUT2D eigenvalue weighted by molar-refractivity contribution is 7.99. The lowest BCUT2D eigenvalue weighted by Gasteiger charge is -2.06. The molecule has 3 rings (SSSR count). The largest absolute Gasteiger partial charge is 0.493 e. The van der Waals surface area contributed by atoms with Crippen LogP contribution in [-0.4, -0.2) is 38.2 Å². The molecule has 0 saturated carbocycles. The Kier molecular flexibility index (Phi) is 4.84. The Morgan fingerprint density at radius 2 is 1.95 bits per heavy atom. The fraction of sp³-hybridized carbons (Fsp3) is 0.267. The van der Waals surface area contributed by atoms with E-state index in [1.54, 1.807) is 23.5 Å². The summed E-state index contributed by atoms with van der Waals surface area (Å²) in [4.78, 5) is 4.53. The quantitative estimate of drug-likeness (QED) is 0.392. The van der Waals surface area contributed by atoms with Crippen LogP contribution in [0.2, 0.25) is 0 Å². The summed E-state index contributed by atoms with van der Waals surface area (Å²) in [5, 5.41) is 10.2. The van der Waals surface area contributed by atoms with Crippen LogP contribution in [0.4, 0.5) is 0 Å². The van der Waals surface area contributed by atoms with Crippen LogP contribution >= 0.6 is 23.5 Å². The number of para-hydroxylation sites is 1. The van der Waals surface area contributed by atoms with Gasteiger partial charge in [0.1, 0.15) is 5.75 Å². The highest BCUT2D eigenvalue weighted by atomic mass is 32.2. The summed E-state index contributed by atoms with van der Waals surface area (Å²) in [7, 11) is 0. The Morgan fingerprint density at radius 3 is 2.73 bits per heavy atom. The van der Waals surface area contributed by atoms with Crippen LogP contribution in [0.3, 0.4) is 0 Å². The van der Waals surface area contributed by atoms with Crippen LogP contribution < -0.4 is 4.74 Å². The van der Waals surface area contributed by atoms with E-state index < -0.39 is 0 Å². The molecular formula is C15H16N4OS2. The maximum Gasteiger partial charge on any atom is 0.197 e. The molecule has 0 N–H and O–H groups in total. The molecule has 5 nitrogen and oxygen atoms in total. The fourth-order valence-electron chi connectivity index (χ4n) is 2.01. The van der Waals surface area contributed by atoms with Gasteiger partial charge in [0.25, 0.3) is 0 Å². The molecule has 0 aliphatic carbocycles. The molecule has 22 heavy (non-hydrogen) atoms. The Bertz CT molecular complexity index is 761. The molecule has 0 fully saturated rings. The molecule has 1 aromatic carbocycles. The number of thioether (sulfide) groups is 2. The molecule has 2 aromatic heterocycles. The van der Waals surface area contributed by atoms with Gasteiger partial charge < -0.3 is 4.74 Å². The second-order valence-corrected chi connectivity index (χ2v) is 6.41. The second kappa shape index (κ2) is 7.02. The first-order valence-electron chi connectivity index (χ1n) is 6.85. The number of nitrogens with zero attached hydrogens (tertiary/aromatic N) is 4. The highest BCUT2D eigenvalue weighted by Gasteiger charge is 2.11. The van der Waals surface area contributed by atoms with Crippen LogP contribution in [-0.2, 0) is 0 Å². The average Bonchev–Trinajstić information content (AvgIpc) is 2.94. The van der Waals surface area contributed by atoms with E-state index in [4.69, 9.17) is 4.74 Å². The summed E-state index contributed by atoms with van der Waals surface area (Å²) >= 11 is 3.22. The topological polar surface area (TPSA) is 52.3 Å². The van der Waals surface area contributed by atoms with Gasteiger partial charge in [0.05, 0.1) is 6.61 Å². The molecule has 0 unspecified atom stereocenters. The van der Waals surface area contributed by atoms with Gasteiger partial charge in [-0.05, 0) is 25.3 Å². The van der Waals surface area contributed by atoms with Crippen LogP contribution in [0.1, 0.15) is 5.69 Å². The molecule has 0 atom stereocenters. The van der Waals surface area contributed by atoms with Gasteiger partial charge in [-0.25, -0.2) is 9.38 Å². The third-order valence-electron chi connectivity index (χ3n) is 2.97. The van der Waals surface area contributed by atoms with Crippen LogP contribution in [0.5, 0.6) is 5.75 Å². The van der Waals surface area contributed by atoms with Gasteiger partial charge in [-0.1, -0.05) is 41.7 Å². The molecule has 0 bridgehead atoms. The second-order valence-electron chi connectivity index (χ2n) is 4.57. The molecule has 3 aromatic rings. The number of ether oxygens (including phenoxy) is 1. The van der Waals surface area contributed by atoms with Gasteiger partial charge >= 0.3 is 0 Å². The molecule has 0 amide bonds. The smallest absolute Gasteiger partial charge is 0.197 e.